The maximum Gasteiger partial charge on any atom is 0.266 e. The number of aromatic hydroxyl groups is 1. The van der Waals surface area contributed by atoms with Gasteiger partial charge in [0.1, 0.15) is 15.8 Å². The molecule has 1 fully saturated rings. The number of phenolic OH excluding ortho intramolecular Hbond substituents is 1. The van der Waals surface area contributed by atoms with Crippen LogP contribution in [0.5, 0.6) is 11.5 Å². The van der Waals surface area contributed by atoms with Crippen LogP contribution in [-0.2, 0) is 4.79 Å². The molecule has 1 heterocycles. The summed E-state index contributed by atoms with van der Waals surface area (Å²) in [5.41, 5.74) is 0.538. The predicted molar refractivity (Wildman–Crippen MR) is 80.2 cm³/mol. The number of phenols is 1. The number of thiocarbonyl (C=S) groups is 1. The topological polar surface area (TPSA) is 49.8 Å². The van der Waals surface area contributed by atoms with Crippen LogP contribution in [0.4, 0.5) is 0 Å². The van der Waals surface area contributed by atoms with Crippen molar-refractivity contribution in [2.75, 3.05) is 13.7 Å². The number of benzene rings is 1. The SMILES string of the molecule is CCN1C(=O)/C(=C/c2cc(OC)ccc2O)SC1=S. The first kappa shape index (κ1) is 13.9. The minimum absolute atomic E-state index is 0.0996. The van der Waals surface area contributed by atoms with Crippen molar-refractivity contribution in [3.8, 4) is 11.5 Å². The second kappa shape index (κ2) is 5.63. The van der Waals surface area contributed by atoms with Gasteiger partial charge in [0.05, 0.1) is 12.0 Å². The van der Waals surface area contributed by atoms with E-state index >= 15 is 0 Å². The highest BCUT2D eigenvalue weighted by molar-refractivity contribution is 8.26. The van der Waals surface area contributed by atoms with E-state index in [1.54, 1.807) is 25.3 Å². The number of carbonyl (C=O) groups excluding carboxylic acids is 1. The molecule has 1 amide bonds. The number of hydrogen-bond acceptors (Lipinski definition) is 5. The average molecular weight is 295 g/mol. The van der Waals surface area contributed by atoms with Crippen molar-refractivity contribution in [3.63, 3.8) is 0 Å². The highest BCUT2D eigenvalue weighted by atomic mass is 32.2. The van der Waals surface area contributed by atoms with Crippen molar-refractivity contribution in [1.29, 1.82) is 0 Å². The van der Waals surface area contributed by atoms with Gasteiger partial charge in [-0.1, -0.05) is 24.0 Å². The molecule has 1 aromatic carbocycles. The highest BCUT2D eigenvalue weighted by Gasteiger charge is 2.30. The molecule has 0 spiro atoms. The quantitative estimate of drug-likeness (QED) is 0.686. The Kier molecular flexibility index (Phi) is 4.11. The average Bonchev–Trinajstić information content (AvgIpc) is 2.66. The zero-order valence-electron chi connectivity index (χ0n) is 10.5. The lowest BCUT2D eigenvalue weighted by atomic mass is 10.1. The third-order valence-corrected chi connectivity index (χ3v) is 4.09. The van der Waals surface area contributed by atoms with E-state index in [1.807, 2.05) is 6.92 Å². The molecule has 1 aliphatic heterocycles. The van der Waals surface area contributed by atoms with Crippen LogP contribution in [-0.4, -0.2) is 33.9 Å². The van der Waals surface area contributed by atoms with Crippen LogP contribution in [0.15, 0.2) is 23.1 Å². The van der Waals surface area contributed by atoms with Gasteiger partial charge in [0, 0.05) is 12.1 Å². The number of thioether (sulfide) groups is 1. The minimum Gasteiger partial charge on any atom is -0.507 e. The fraction of sp³-hybridized carbons (Fsp3) is 0.231. The van der Waals surface area contributed by atoms with E-state index < -0.39 is 0 Å². The van der Waals surface area contributed by atoms with E-state index in [0.717, 1.165) is 0 Å². The Morgan fingerprint density at radius 1 is 1.53 bits per heavy atom. The summed E-state index contributed by atoms with van der Waals surface area (Å²) in [5, 5.41) is 9.80. The van der Waals surface area contributed by atoms with Gasteiger partial charge in [0.2, 0.25) is 0 Å². The molecule has 100 valence electrons. The Balaban J connectivity index is 2.37. The highest BCUT2D eigenvalue weighted by Crippen LogP contribution is 2.34. The van der Waals surface area contributed by atoms with Crippen molar-refractivity contribution >= 4 is 40.3 Å². The third kappa shape index (κ3) is 2.74. The fourth-order valence-corrected chi connectivity index (χ4v) is 3.06. The Bertz CT molecular complexity index is 569. The van der Waals surface area contributed by atoms with E-state index in [4.69, 9.17) is 17.0 Å². The number of hydrogen-bond donors (Lipinski definition) is 1. The third-order valence-electron chi connectivity index (χ3n) is 2.71. The van der Waals surface area contributed by atoms with Gasteiger partial charge in [0.15, 0.2) is 0 Å². The fourth-order valence-electron chi connectivity index (χ4n) is 1.69. The number of methoxy groups -OCH3 is 1. The molecule has 0 bridgehead atoms. The van der Waals surface area contributed by atoms with Crippen LogP contribution in [0.1, 0.15) is 12.5 Å². The van der Waals surface area contributed by atoms with Gasteiger partial charge >= 0.3 is 0 Å². The van der Waals surface area contributed by atoms with Crippen LogP contribution in [0.2, 0.25) is 0 Å². The first-order valence-electron chi connectivity index (χ1n) is 5.69. The molecule has 4 nitrogen and oxygen atoms in total. The van der Waals surface area contributed by atoms with E-state index in [0.29, 0.717) is 27.1 Å². The molecule has 1 aromatic rings. The maximum atomic E-state index is 12.1. The van der Waals surface area contributed by atoms with Crippen molar-refractivity contribution in [3.05, 3.63) is 28.7 Å². The van der Waals surface area contributed by atoms with E-state index in [-0.39, 0.29) is 11.7 Å². The van der Waals surface area contributed by atoms with Gasteiger partial charge in [-0.15, -0.1) is 0 Å². The maximum absolute atomic E-state index is 12.1. The normalized spacial score (nSPS) is 17.4. The molecule has 0 aromatic heterocycles. The molecule has 0 aliphatic carbocycles. The van der Waals surface area contributed by atoms with Gasteiger partial charge in [-0.25, -0.2) is 0 Å². The van der Waals surface area contributed by atoms with Crippen LogP contribution < -0.4 is 4.74 Å². The summed E-state index contributed by atoms with van der Waals surface area (Å²) < 4.78 is 5.64. The monoisotopic (exact) mass is 295 g/mol. The van der Waals surface area contributed by atoms with Crippen LogP contribution in [0, 0.1) is 0 Å². The number of amides is 1. The van der Waals surface area contributed by atoms with Crippen LogP contribution in [0.3, 0.4) is 0 Å². The van der Waals surface area contributed by atoms with Gasteiger partial charge in [-0.05, 0) is 31.2 Å². The lowest BCUT2D eigenvalue weighted by Crippen LogP contribution is -2.27. The summed E-state index contributed by atoms with van der Waals surface area (Å²) in [4.78, 5) is 14.1. The summed E-state index contributed by atoms with van der Waals surface area (Å²) in [6, 6.07) is 4.86. The summed E-state index contributed by atoms with van der Waals surface area (Å²) in [5.74, 6) is 0.595. The summed E-state index contributed by atoms with van der Waals surface area (Å²) >= 11 is 6.37. The number of carbonyl (C=O) groups is 1. The second-order valence-corrected chi connectivity index (χ2v) is 5.53. The number of ether oxygens (including phenoxy) is 1. The van der Waals surface area contributed by atoms with Crippen molar-refractivity contribution in [2.24, 2.45) is 0 Å². The number of likely N-dealkylation sites (N-methyl/N-ethyl adjacent to an activating group) is 1. The molecular weight excluding hydrogens is 282 g/mol. The van der Waals surface area contributed by atoms with Crippen molar-refractivity contribution in [2.45, 2.75) is 6.92 Å². The molecule has 0 atom stereocenters. The molecule has 1 aliphatic rings. The molecular formula is C13H13NO3S2. The first-order valence-corrected chi connectivity index (χ1v) is 6.91. The summed E-state index contributed by atoms with van der Waals surface area (Å²) in [7, 11) is 1.55. The standard InChI is InChI=1S/C13H13NO3S2/c1-3-14-12(16)11(19-13(14)18)7-8-6-9(17-2)4-5-10(8)15/h4-7,15H,3H2,1-2H3/b11-7-. The minimum atomic E-state index is -0.125. The number of rotatable bonds is 3. The molecule has 1 saturated heterocycles. The Hall–Kier alpha value is -1.53. The molecule has 1 N–H and O–H groups in total. The Morgan fingerprint density at radius 3 is 2.84 bits per heavy atom. The van der Waals surface area contributed by atoms with E-state index in [1.165, 1.54) is 22.7 Å². The van der Waals surface area contributed by atoms with E-state index in [9.17, 15) is 9.90 Å². The molecule has 6 heteroatoms. The zero-order valence-corrected chi connectivity index (χ0v) is 12.2. The largest absolute Gasteiger partial charge is 0.507 e. The Labute approximate surface area is 121 Å². The first-order chi connectivity index (χ1) is 9.06. The van der Waals surface area contributed by atoms with E-state index in [2.05, 4.69) is 0 Å². The summed E-state index contributed by atoms with van der Waals surface area (Å²) in [6.45, 7) is 2.42. The van der Waals surface area contributed by atoms with Crippen LogP contribution >= 0.6 is 24.0 Å². The van der Waals surface area contributed by atoms with Gasteiger partial charge in [-0.2, -0.15) is 0 Å². The second-order valence-electron chi connectivity index (χ2n) is 3.85. The lowest BCUT2D eigenvalue weighted by Gasteiger charge is -2.09. The molecule has 0 radical (unpaired) electrons. The van der Waals surface area contributed by atoms with Crippen LogP contribution in [0.25, 0.3) is 6.08 Å². The van der Waals surface area contributed by atoms with Gasteiger partial charge in [0.25, 0.3) is 5.91 Å². The lowest BCUT2D eigenvalue weighted by molar-refractivity contribution is -0.121. The zero-order chi connectivity index (χ0) is 14.0. The molecule has 2 rings (SSSR count). The number of nitrogens with zero attached hydrogens (tertiary/aromatic N) is 1. The molecule has 0 unspecified atom stereocenters. The Morgan fingerprint density at radius 2 is 2.26 bits per heavy atom. The smallest absolute Gasteiger partial charge is 0.266 e. The predicted octanol–water partition coefficient (Wildman–Crippen LogP) is 2.62. The summed E-state index contributed by atoms with van der Waals surface area (Å²) in [6.07, 6.45) is 1.63. The van der Waals surface area contributed by atoms with Crippen molar-refractivity contribution in [1.82, 2.24) is 4.90 Å². The van der Waals surface area contributed by atoms with Gasteiger partial charge < -0.3 is 9.84 Å². The van der Waals surface area contributed by atoms with Gasteiger partial charge in [-0.3, -0.25) is 9.69 Å². The molecule has 19 heavy (non-hydrogen) atoms. The molecule has 0 saturated carbocycles. The van der Waals surface area contributed by atoms with Crippen molar-refractivity contribution < 1.29 is 14.6 Å².